The number of nitriles is 1. The number of nitrogens with one attached hydrogen (secondary N) is 1. The molecule has 0 aliphatic carbocycles. The molecule has 1 unspecified atom stereocenters. The van der Waals surface area contributed by atoms with Crippen LogP contribution in [-0.4, -0.2) is 6.21 Å². The van der Waals surface area contributed by atoms with Crippen LogP contribution in [0.2, 0.25) is 0 Å². The summed E-state index contributed by atoms with van der Waals surface area (Å²) in [5.41, 5.74) is -0.428. The molecule has 1 atom stereocenters. The highest BCUT2D eigenvalue weighted by molar-refractivity contribution is 5.72. The van der Waals surface area contributed by atoms with E-state index in [9.17, 15) is 8.78 Å². The average Bonchev–Trinajstić information content (AvgIpc) is 2.31. The standard InChI is InChI=1S/C11H7F2N3/c12-9-3-2-7(10(13)8(9)6-14)11-15-4-1-5-16-11/h1-5,11,15H. The molecule has 0 saturated carbocycles. The lowest BCUT2D eigenvalue weighted by Crippen LogP contribution is -2.18. The number of hydrogen-bond acceptors (Lipinski definition) is 3. The minimum Gasteiger partial charge on any atom is -0.366 e. The van der Waals surface area contributed by atoms with E-state index in [0.717, 1.165) is 6.07 Å². The quantitative estimate of drug-likeness (QED) is 0.785. The number of rotatable bonds is 1. The summed E-state index contributed by atoms with van der Waals surface area (Å²) in [6.45, 7) is 0. The molecular weight excluding hydrogens is 212 g/mol. The van der Waals surface area contributed by atoms with Crippen molar-refractivity contribution in [1.29, 1.82) is 5.26 Å². The second kappa shape index (κ2) is 4.11. The van der Waals surface area contributed by atoms with Gasteiger partial charge in [-0.25, -0.2) is 8.78 Å². The van der Waals surface area contributed by atoms with Gasteiger partial charge in [0.2, 0.25) is 0 Å². The predicted molar refractivity (Wildman–Crippen MR) is 54.6 cm³/mol. The van der Waals surface area contributed by atoms with Crippen molar-refractivity contribution in [1.82, 2.24) is 5.32 Å². The van der Waals surface area contributed by atoms with Crippen LogP contribution >= 0.6 is 0 Å². The third kappa shape index (κ3) is 1.65. The normalized spacial score (nSPS) is 17.9. The van der Waals surface area contributed by atoms with E-state index in [4.69, 9.17) is 5.26 Å². The first-order valence-corrected chi connectivity index (χ1v) is 4.56. The van der Waals surface area contributed by atoms with Crippen LogP contribution in [0.5, 0.6) is 0 Å². The van der Waals surface area contributed by atoms with Crippen LogP contribution in [0.4, 0.5) is 8.78 Å². The summed E-state index contributed by atoms with van der Waals surface area (Å²) in [6, 6.07) is 3.83. The fraction of sp³-hybridized carbons (Fsp3) is 0.0909. The smallest absolute Gasteiger partial charge is 0.151 e. The van der Waals surface area contributed by atoms with Gasteiger partial charge < -0.3 is 5.32 Å². The summed E-state index contributed by atoms with van der Waals surface area (Å²) in [6.07, 6.45) is 4.16. The SMILES string of the molecule is N#Cc1c(F)ccc(C2N=CC=CN2)c1F. The number of allylic oxidation sites excluding steroid dienone is 1. The van der Waals surface area contributed by atoms with Crippen molar-refractivity contribution in [3.05, 3.63) is 47.2 Å². The van der Waals surface area contributed by atoms with Gasteiger partial charge >= 0.3 is 0 Å². The molecule has 16 heavy (non-hydrogen) atoms. The number of nitrogens with zero attached hydrogens (tertiary/aromatic N) is 2. The Balaban J connectivity index is 2.47. The molecule has 2 rings (SSSR count). The molecule has 1 aliphatic heterocycles. The first-order valence-electron chi connectivity index (χ1n) is 4.56. The monoisotopic (exact) mass is 219 g/mol. The number of aliphatic imine (C=N–C) groups is 1. The summed E-state index contributed by atoms with van der Waals surface area (Å²) < 4.78 is 26.8. The van der Waals surface area contributed by atoms with Crippen LogP contribution < -0.4 is 5.32 Å². The summed E-state index contributed by atoms with van der Waals surface area (Å²) >= 11 is 0. The van der Waals surface area contributed by atoms with Crippen LogP contribution in [0.25, 0.3) is 0 Å². The number of hydrogen-bond donors (Lipinski definition) is 1. The second-order valence-corrected chi connectivity index (χ2v) is 3.16. The van der Waals surface area contributed by atoms with E-state index in [1.54, 1.807) is 12.3 Å². The molecular formula is C11H7F2N3. The van der Waals surface area contributed by atoms with Gasteiger partial charge in [0.25, 0.3) is 0 Å². The van der Waals surface area contributed by atoms with Crippen molar-refractivity contribution in [2.75, 3.05) is 0 Å². The minimum atomic E-state index is -0.868. The Hall–Kier alpha value is -2.22. The van der Waals surface area contributed by atoms with E-state index >= 15 is 0 Å². The summed E-state index contributed by atoms with van der Waals surface area (Å²) in [4.78, 5) is 3.97. The summed E-state index contributed by atoms with van der Waals surface area (Å²) in [5.74, 6) is -1.73. The van der Waals surface area contributed by atoms with Crippen molar-refractivity contribution in [3.63, 3.8) is 0 Å². The topological polar surface area (TPSA) is 48.2 Å². The van der Waals surface area contributed by atoms with Gasteiger partial charge in [0.05, 0.1) is 0 Å². The van der Waals surface area contributed by atoms with Gasteiger partial charge in [0, 0.05) is 11.8 Å². The zero-order valence-electron chi connectivity index (χ0n) is 8.11. The maximum Gasteiger partial charge on any atom is 0.151 e. The summed E-state index contributed by atoms with van der Waals surface area (Å²) in [5, 5.41) is 11.4. The molecule has 1 aromatic carbocycles. The minimum absolute atomic E-state index is 0.151. The molecule has 1 heterocycles. The van der Waals surface area contributed by atoms with Crippen LogP contribution in [-0.2, 0) is 0 Å². The van der Waals surface area contributed by atoms with Gasteiger partial charge in [0.15, 0.2) is 5.82 Å². The molecule has 0 saturated heterocycles. The molecule has 1 aromatic rings. The van der Waals surface area contributed by atoms with E-state index in [0.29, 0.717) is 0 Å². The van der Waals surface area contributed by atoms with Crippen molar-refractivity contribution >= 4 is 6.21 Å². The first kappa shape index (κ1) is 10.3. The molecule has 5 heteroatoms. The van der Waals surface area contributed by atoms with Gasteiger partial charge in [-0.2, -0.15) is 5.26 Å². The fourth-order valence-corrected chi connectivity index (χ4v) is 1.42. The van der Waals surface area contributed by atoms with Crippen molar-refractivity contribution in [3.8, 4) is 6.07 Å². The van der Waals surface area contributed by atoms with Crippen LogP contribution in [0.1, 0.15) is 17.3 Å². The van der Waals surface area contributed by atoms with Gasteiger partial charge in [-0.15, -0.1) is 0 Å². The molecule has 0 fully saturated rings. The molecule has 0 aromatic heterocycles. The van der Waals surface area contributed by atoms with E-state index in [1.165, 1.54) is 18.4 Å². The van der Waals surface area contributed by atoms with Crippen molar-refractivity contribution < 1.29 is 8.78 Å². The Morgan fingerprint density at radius 1 is 1.38 bits per heavy atom. The number of benzene rings is 1. The zero-order chi connectivity index (χ0) is 11.5. The Labute approximate surface area is 90.7 Å². The molecule has 1 N–H and O–H groups in total. The maximum absolute atomic E-state index is 13.7. The Morgan fingerprint density at radius 3 is 2.81 bits per heavy atom. The van der Waals surface area contributed by atoms with Crippen molar-refractivity contribution in [2.45, 2.75) is 6.17 Å². The third-order valence-electron chi connectivity index (χ3n) is 2.20. The molecule has 1 aliphatic rings. The molecule has 3 nitrogen and oxygen atoms in total. The van der Waals surface area contributed by atoms with Crippen LogP contribution in [0.15, 0.2) is 29.4 Å². The Bertz CT molecular complexity index is 515. The average molecular weight is 219 g/mol. The molecule has 80 valence electrons. The van der Waals surface area contributed by atoms with E-state index in [-0.39, 0.29) is 5.56 Å². The molecule has 0 radical (unpaired) electrons. The zero-order valence-corrected chi connectivity index (χ0v) is 8.11. The number of halogens is 2. The van der Waals surface area contributed by atoms with E-state index in [1.807, 2.05) is 0 Å². The van der Waals surface area contributed by atoms with E-state index in [2.05, 4.69) is 10.3 Å². The lowest BCUT2D eigenvalue weighted by atomic mass is 10.1. The first-order chi connectivity index (χ1) is 7.74. The van der Waals surface area contributed by atoms with E-state index < -0.39 is 23.4 Å². The van der Waals surface area contributed by atoms with Crippen molar-refractivity contribution in [2.24, 2.45) is 4.99 Å². The molecule has 0 spiro atoms. The van der Waals surface area contributed by atoms with Gasteiger partial charge in [-0.05, 0) is 24.4 Å². The highest BCUT2D eigenvalue weighted by atomic mass is 19.1. The van der Waals surface area contributed by atoms with Gasteiger partial charge in [-0.1, -0.05) is 0 Å². The van der Waals surface area contributed by atoms with Crippen LogP contribution in [0.3, 0.4) is 0 Å². The highest BCUT2D eigenvalue weighted by Gasteiger charge is 2.19. The lowest BCUT2D eigenvalue weighted by molar-refractivity contribution is 0.537. The Kier molecular flexibility index (Phi) is 2.64. The maximum atomic E-state index is 13.7. The molecule has 0 bridgehead atoms. The lowest BCUT2D eigenvalue weighted by Gasteiger charge is -2.16. The largest absolute Gasteiger partial charge is 0.366 e. The second-order valence-electron chi connectivity index (χ2n) is 3.16. The fourth-order valence-electron chi connectivity index (χ4n) is 1.42. The van der Waals surface area contributed by atoms with Gasteiger partial charge in [0.1, 0.15) is 23.6 Å². The summed E-state index contributed by atoms with van der Waals surface area (Å²) in [7, 11) is 0. The molecule has 0 amide bonds. The third-order valence-corrected chi connectivity index (χ3v) is 2.20. The predicted octanol–water partition coefficient (Wildman–Crippen LogP) is 2.02. The highest BCUT2D eigenvalue weighted by Crippen LogP contribution is 2.23. The van der Waals surface area contributed by atoms with Crippen LogP contribution in [0, 0.1) is 23.0 Å². The van der Waals surface area contributed by atoms with Gasteiger partial charge in [-0.3, -0.25) is 4.99 Å². The Morgan fingerprint density at radius 2 is 2.19 bits per heavy atom.